The third-order valence-electron chi connectivity index (χ3n) is 3.66. The fourth-order valence-corrected chi connectivity index (χ4v) is 4.33. The van der Waals surface area contributed by atoms with Crippen LogP contribution in [0.3, 0.4) is 0 Å². The normalized spacial score (nSPS) is 11.6. The Morgan fingerprint density at radius 2 is 1.68 bits per heavy atom. The van der Waals surface area contributed by atoms with Crippen LogP contribution in [0.1, 0.15) is 37.8 Å². The molecule has 0 radical (unpaired) electrons. The Morgan fingerprint density at radius 1 is 1.08 bits per heavy atom. The van der Waals surface area contributed by atoms with Crippen LogP contribution < -0.4 is 9.46 Å². The molecule has 2 aromatic carbocycles. The molecule has 0 aliphatic carbocycles. The molecule has 0 heterocycles. The fourth-order valence-electron chi connectivity index (χ4n) is 2.60. The van der Waals surface area contributed by atoms with Crippen LogP contribution in [0.5, 0.6) is 5.75 Å². The Balaban J connectivity index is 2.54. The first-order valence-electron chi connectivity index (χ1n) is 7.90. The van der Waals surface area contributed by atoms with Crippen molar-refractivity contribution in [3.8, 4) is 5.75 Å². The second-order valence-corrected chi connectivity index (χ2v) is 8.53. The Morgan fingerprint density at radius 3 is 2.20 bits per heavy atom. The summed E-state index contributed by atoms with van der Waals surface area (Å²) in [4.78, 5) is 0.0970. The highest BCUT2D eigenvalue weighted by Crippen LogP contribution is 2.33. The quantitative estimate of drug-likeness (QED) is 0.682. The van der Waals surface area contributed by atoms with Gasteiger partial charge in [-0.05, 0) is 61.2 Å². The molecule has 2 aromatic rings. The predicted octanol–water partition coefficient (Wildman–Crippen LogP) is 5.62. The standard InChI is InChI=1S/C18H21Cl2NO3S/c1-5-24-17-6-12(4)16(11(2)3)10-18(17)25(22,23)21-15-8-13(19)7-14(20)9-15/h6-11,21H,5H2,1-4H3. The number of hydrogen-bond acceptors (Lipinski definition) is 3. The van der Waals surface area contributed by atoms with E-state index in [4.69, 9.17) is 27.9 Å². The number of halogens is 2. The molecule has 0 aromatic heterocycles. The van der Waals surface area contributed by atoms with E-state index in [1.165, 1.54) is 18.2 Å². The number of rotatable bonds is 6. The van der Waals surface area contributed by atoms with Gasteiger partial charge < -0.3 is 4.74 Å². The van der Waals surface area contributed by atoms with Crippen LogP contribution in [0.25, 0.3) is 0 Å². The van der Waals surface area contributed by atoms with Crippen molar-refractivity contribution in [1.82, 2.24) is 0 Å². The Bertz CT molecular complexity index is 860. The smallest absolute Gasteiger partial charge is 0.265 e. The lowest BCUT2D eigenvalue weighted by molar-refractivity contribution is 0.330. The van der Waals surface area contributed by atoms with Gasteiger partial charge in [-0.25, -0.2) is 8.42 Å². The highest BCUT2D eigenvalue weighted by atomic mass is 35.5. The third kappa shape index (κ3) is 4.81. The topological polar surface area (TPSA) is 55.4 Å². The zero-order valence-corrected chi connectivity index (χ0v) is 16.9. The van der Waals surface area contributed by atoms with Gasteiger partial charge in [0.15, 0.2) is 0 Å². The summed E-state index contributed by atoms with van der Waals surface area (Å²) in [6.45, 7) is 8.16. The largest absolute Gasteiger partial charge is 0.492 e. The number of anilines is 1. The summed E-state index contributed by atoms with van der Waals surface area (Å²) in [7, 11) is -3.86. The molecular formula is C18H21Cl2NO3S. The summed E-state index contributed by atoms with van der Waals surface area (Å²) in [5, 5.41) is 0.698. The highest BCUT2D eigenvalue weighted by molar-refractivity contribution is 7.92. The minimum Gasteiger partial charge on any atom is -0.492 e. The first-order chi connectivity index (χ1) is 11.6. The van der Waals surface area contributed by atoms with Crippen LogP contribution in [-0.4, -0.2) is 15.0 Å². The molecule has 0 atom stereocenters. The highest BCUT2D eigenvalue weighted by Gasteiger charge is 2.23. The zero-order valence-electron chi connectivity index (χ0n) is 14.6. The van der Waals surface area contributed by atoms with Crippen molar-refractivity contribution in [3.63, 3.8) is 0 Å². The van der Waals surface area contributed by atoms with Crippen LogP contribution in [-0.2, 0) is 10.0 Å². The molecule has 136 valence electrons. The molecule has 4 nitrogen and oxygen atoms in total. The SMILES string of the molecule is CCOc1cc(C)c(C(C)C)cc1S(=O)(=O)Nc1cc(Cl)cc(Cl)c1. The molecule has 2 rings (SSSR count). The number of ether oxygens (including phenoxy) is 1. The molecule has 25 heavy (non-hydrogen) atoms. The third-order valence-corrected chi connectivity index (χ3v) is 5.50. The van der Waals surface area contributed by atoms with Crippen LogP contribution >= 0.6 is 23.2 Å². The first kappa shape index (κ1) is 19.9. The number of hydrogen-bond donors (Lipinski definition) is 1. The van der Waals surface area contributed by atoms with E-state index in [1.807, 2.05) is 27.7 Å². The van der Waals surface area contributed by atoms with Gasteiger partial charge in [0.2, 0.25) is 0 Å². The van der Waals surface area contributed by atoms with Gasteiger partial charge in [-0.3, -0.25) is 4.72 Å². The molecule has 0 amide bonds. The van der Waals surface area contributed by atoms with Crippen molar-refractivity contribution in [2.75, 3.05) is 11.3 Å². The molecule has 0 saturated carbocycles. The lowest BCUT2D eigenvalue weighted by Gasteiger charge is -2.18. The summed E-state index contributed by atoms with van der Waals surface area (Å²) in [5.41, 5.74) is 2.24. The number of nitrogens with one attached hydrogen (secondary N) is 1. The van der Waals surface area contributed by atoms with Crippen molar-refractivity contribution in [3.05, 3.63) is 51.5 Å². The van der Waals surface area contributed by atoms with Gasteiger partial charge in [0.1, 0.15) is 10.6 Å². The van der Waals surface area contributed by atoms with Gasteiger partial charge in [0.05, 0.1) is 12.3 Å². The molecule has 0 aliphatic rings. The van der Waals surface area contributed by atoms with E-state index in [0.29, 0.717) is 28.1 Å². The van der Waals surface area contributed by atoms with E-state index < -0.39 is 10.0 Å². The van der Waals surface area contributed by atoms with Gasteiger partial charge in [-0.2, -0.15) is 0 Å². The van der Waals surface area contributed by atoms with Crippen LogP contribution in [0.4, 0.5) is 5.69 Å². The van der Waals surface area contributed by atoms with Crippen molar-refractivity contribution in [1.29, 1.82) is 0 Å². The van der Waals surface area contributed by atoms with Crippen LogP contribution in [0.15, 0.2) is 35.2 Å². The second kappa shape index (κ2) is 7.85. The zero-order chi connectivity index (χ0) is 18.8. The van der Waals surface area contributed by atoms with Crippen molar-refractivity contribution in [2.45, 2.75) is 38.5 Å². The van der Waals surface area contributed by atoms with E-state index in [0.717, 1.165) is 11.1 Å². The molecule has 7 heteroatoms. The Kier molecular flexibility index (Phi) is 6.25. The predicted molar refractivity (Wildman–Crippen MR) is 104 cm³/mol. The Hall–Kier alpha value is -1.43. The number of benzene rings is 2. The monoisotopic (exact) mass is 401 g/mol. The summed E-state index contributed by atoms with van der Waals surface area (Å²) < 4.78 is 33.9. The first-order valence-corrected chi connectivity index (χ1v) is 10.1. The maximum Gasteiger partial charge on any atom is 0.265 e. The lowest BCUT2D eigenvalue weighted by Crippen LogP contribution is -2.15. The minimum atomic E-state index is -3.86. The van der Waals surface area contributed by atoms with Gasteiger partial charge >= 0.3 is 0 Å². The minimum absolute atomic E-state index is 0.0970. The average Bonchev–Trinajstić information content (AvgIpc) is 2.45. The van der Waals surface area contributed by atoms with E-state index in [2.05, 4.69) is 4.72 Å². The summed E-state index contributed by atoms with van der Waals surface area (Å²) in [5.74, 6) is 0.510. The summed E-state index contributed by atoms with van der Waals surface area (Å²) >= 11 is 11.9. The van der Waals surface area contributed by atoms with E-state index >= 15 is 0 Å². The summed E-state index contributed by atoms with van der Waals surface area (Å²) in [6, 6.07) is 7.97. The average molecular weight is 402 g/mol. The van der Waals surface area contributed by atoms with E-state index in [1.54, 1.807) is 12.1 Å². The van der Waals surface area contributed by atoms with Gasteiger partial charge in [0.25, 0.3) is 10.0 Å². The van der Waals surface area contributed by atoms with Crippen molar-refractivity contribution >= 4 is 38.9 Å². The van der Waals surface area contributed by atoms with Crippen LogP contribution in [0.2, 0.25) is 10.0 Å². The van der Waals surface area contributed by atoms with Crippen molar-refractivity contribution in [2.24, 2.45) is 0 Å². The molecule has 1 N–H and O–H groups in total. The number of aryl methyl sites for hydroxylation is 1. The lowest BCUT2D eigenvalue weighted by atomic mass is 9.98. The van der Waals surface area contributed by atoms with Crippen molar-refractivity contribution < 1.29 is 13.2 Å². The fraction of sp³-hybridized carbons (Fsp3) is 0.333. The second-order valence-electron chi connectivity index (χ2n) is 6.01. The van der Waals surface area contributed by atoms with Crippen LogP contribution in [0, 0.1) is 6.92 Å². The number of sulfonamides is 1. The molecule has 0 unspecified atom stereocenters. The molecular weight excluding hydrogens is 381 g/mol. The van der Waals surface area contributed by atoms with Gasteiger partial charge in [-0.1, -0.05) is 37.0 Å². The molecule has 0 saturated heterocycles. The van der Waals surface area contributed by atoms with E-state index in [9.17, 15) is 8.42 Å². The van der Waals surface area contributed by atoms with Gasteiger partial charge in [0, 0.05) is 10.0 Å². The maximum absolute atomic E-state index is 12.9. The Labute approximate surface area is 159 Å². The van der Waals surface area contributed by atoms with E-state index in [-0.39, 0.29) is 10.8 Å². The maximum atomic E-state index is 12.9. The molecule has 0 fully saturated rings. The molecule has 0 spiro atoms. The summed E-state index contributed by atoms with van der Waals surface area (Å²) in [6.07, 6.45) is 0. The molecule has 0 aliphatic heterocycles. The molecule has 0 bridgehead atoms. The van der Waals surface area contributed by atoms with Gasteiger partial charge in [-0.15, -0.1) is 0 Å².